The maximum atomic E-state index is 13.7. The van der Waals surface area contributed by atoms with E-state index in [0.29, 0.717) is 17.0 Å². The molecule has 0 bridgehead atoms. The summed E-state index contributed by atoms with van der Waals surface area (Å²) >= 11 is 7.38. The summed E-state index contributed by atoms with van der Waals surface area (Å²) in [7, 11) is 0. The molecule has 0 spiro atoms. The zero-order chi connectivity index (χ0) is 13.4. The van der Waals surface area contributed by atoms with Crippen LogP contribution in [0.15, 0.2) is 24.3 Å². The standard InChI is InChI=1S/C15H14ClFOS/c16-11-5-4-9(12(17)8-11)6-13(18)15-7-10-2-1-3-14(10)19-15/h4-5,7-8,13,18H,1-3,6H2. The molecule has 0 amide bonds. The quantitative estimate of drug-likeness (QED) is 0.895. The highest BCUT2D eigenvalue weighted by Crippen LogP contribution is 2.35. The maximum absolute atomic E-state index is 13.7. The van der Waals surface area contributed by atoms with E-state index in [2.05, 4.69) is 6.07 Å². The molecule has 0 radical (unpaired) electrons. The number of aryl methyl sites for hydroxylation is 2. The van der Waals surface area contributed by atoms with Crippen molar-refractivity contribution in [2.24, 2.45) is 0 Å². The van der Waals surface area contributed by atoms with Crippen LogP contribution in [0.2, 0.25) is 5.02 Å². The first-order valence-corrected chi connectivity index (χ1v) is 7.56. The predicted octanol–water partition coefficient (Wildman–Crippen LogP) is 4.31. The number of rotatable bonds is 3. The molecule has 1 atom stereocenters. The van der Waals surface area contributed by atoms with Crippen LogP contribution in [-0.4, -0.2) is 5.11 Å². The van der Waals surface area contributed by atoms with Crippen LogP contribution in [0.25, 0.3) is 0 Å². The minimum Gasteiger partial charge on any atom is -0.387 e. The fourth-order valence-corrected chi connectivity index (χ4v) is 3.91. The van der Waals surface area contributed by atoms with Crippen LogP contribution < -0.4 is 0 Å². The van der Waals surface area contributed by atoms with Crippen molar-refractivity contribution < 1.29 is 9.50 Å². The molecule has 2 aromatic rings. The third-order valence-corrected chi connectivity index (χ3v) is 5.10. The Hall–Kier alpha value is -0.900. The van der Waals surface area contributed by atoms with Crippen molar-refractivity contribution >= 4 is 22.9 Å². The second-order valence-electron chi connectivity index (χ2n) is 4.91. The molecule has 1 aliphatic rings. The first-order chi connectivity index (χ1) is 9.13. The molecule has 19 heavy (non-hydrogen) atoms. The summed E-state index contributed by atoms with van der Waals surface area (Å²) in [6, 6.07) is 6.66. The van der Waals surface area contributed by atoms with E-state index < -0.39 is 6.10 Å². The monoisotopic (exact) mass is 296 g/mol. The predicted molar refractivity (Wildman–Crippen MR) is 76.4 cm³/mol. The summed E-state index contributed by atoms with van der Waals surface area (Å²) in [6.07, 6.45) is 3.09. The average molecular weight is 297 g/mol. The van der Waals surface area contributed by atoms with E-state index in [1.165, 1.54) is 22.9 Å². The van der Waals surface area contributed by atoms with Gasteiger partial charge in [-0.1, -0.05) is 17.7 Å². The van der Waals surface area contributed by atoms with Crippen LogP contribution in [0, 0.1) is 5.82 Å². The minimum atomic E-state index is -0.633. The van der Waals surface area contributed by atoms with Gasteiger partial charge in [0.05, 0.1) is 6.10 Å². The van der Waals surface area contributed by atoms with Crippen LogP contribution in [0.1, 0.15) is 33.4 Å². The van der Waals surface area contributed by atoms with Gasteiger partial charge in [0, 0.05) is 21.2 Å². The van der Waals surface area contributed by atoms with Crippen LogP contribution in [0.3, 0.4) is 0 Å². The first-order valence-electron chi connectivity index (χ1n) is 6.37. The van der Waals surface area contributed by atoms with E-state index >= 15 is 0 Å². The van der Waals surface area contributed by atoms with E-state index in [4.69, 9.17) is 11.6 Å². The summed E-state index contributed by atoms with van der Waals surface area (Å²) in [5, 5.41) is 10.6. The minimum absolute atomic E-state index is 0.294. The topological polar surface area (TPSA) is 20.2 Å². The summed E-state index contributed by atoms with van der Waals surface area (Å²) in [6.45, 7) is 0. The molecule has 0 saturated carbocycles. The number of hydrogen-bond acceptors (Lipinski definition) is 2. The highest BCUT2D eigenvalue weighted by molar-refractivity contribution is 7.12. The molecular weight excluding hydrogens is 283 g/mol. The molecule has 1 aliphatic carbocycles. The zero-order valence-corrected chi connectivity index (χ0v) is 11.9. The van der Waals surface area contributed by atoms with Gasteiger partial charge >= 0.3 is 0 Å². The Morgan fingerprint density at radius 3 is 2.89 bits per heavy atom. The van der Waals surface area contributed by atoms with E-state index in [0.717, 1.165) is 17.7 Å². The third kappa shape index (κ3) is 2.69. The SMILES string of the molecule is OC(Cc1ccc(Cl)cc1F)c1cc2c(s1)CCC2. The number of halogens is 2. The summed E-state index contributed by atoms with van der Waals surface area (Å²) < 4.78 is 13.7. The molecular formula is C15H14ClFOS. The number of fused-ring (bicyclic) bond motifs is 1. The number of aliphatic hydroxyl groups excluding tert-OH is 1. The Morgan fingerprint density at radius 1 is 1.32 bits per heavy atom. The summed E-state index contributed by atoms with van der Waals surface area (Å²) in [4.78, 5) is 2.32. The van der Waals surface area contributed by atoms with Crippen LogP contribution in [0.5, 0.6) is 0 Å². The van der Waals surface area contributed by atoms with Crippen LogP contribution in [-0.2, 0) is 19.3 Å². The average Bonchev–Trinajstić information content (AvgIpc) is 2.93. The lowest BCUT2D eigenvalue weighted by molar-refractivity contribution is 0.181. The Labute approximate surface area is 120 Å². The van der Waals surface area contributed by atoms with Crippen molar-refractivity contribution in [2.75, 3.05) is 0 Å². The third-order valence-electron chi connectivity index (χ3n) is 3.52. The molecule has 1 heterocycles. The van der Waals surface area contributed by atoms with Gasteiger partial charge in [-0.25, -0.2) is 4.39 Å². The number of aliphatic hydroxyl groups is 1. The fraction of sp³-hybridized carbons (Fsp3) is 0.333. The molecule has 1 aromatic carbocycles. The molecule has 1 unspecified atom stereocenters. The largest absolute Gasteiger partial charge is 0.387 e. The van der Waals surface area contributed by atoms with Gasteiger partial charge in [0.25, 0.3) is 0 Å². The van der Waals surface area contributed by atoms with Gasteiger partial charge in [-0.2, -0.15) is 0 Å². The molecule has 4 heteroatoms. The number of hydrogen-bond donors (Lipinski definition) is 1. The van der Waals surface area contributed by atoms with Crippen molar-refractivity contribution in [2.45, 2.75) is 31.8 Å². The molecule has 1 N–H and O–H groups in total. The lowest BCUT2D eigenvalue weighted by Crippen LogP contribution is -2.02. The van der Waals surface area contributed by atoms with Crippen LogP contribution in [0.4, 0.5) is 4.39 Å². The zero-order valence-electron chi connectivity index (χ0n) is 10.3. The molecule has 1 nitrogen and oxygen atoms in total. The maximum Gasteiger partial charge on any atom is 0.127 e. The van der Waals surface area contributed by atoms with Crippen molar-refractivity contribution in [1.29, 1.82) is 0 Å². The van der Waals surface area contributed by atoms with Gasteiger partial charge in [0.15, 0.2) is 0 Å². The van der Waals surface area contributed by atoms with Crippen molar-refractivity contribution in [1.82, 2.24) is 0 Å². The molecule has 3 rings (SSSR count). The van der Waals surface area contributed by atoms with Crippen LogP contribution >= 0.6 is 22.9 Å². The second-order valence-corrected chi connectivity index (χ2v) is 6.51. The van der Waals surface area contributed by atoms with E-state index in [9.17, 15) is 9.50 Å². The normalized spacial score (nSPS) is 15.5. The second kappa shape index (κ2) is 5.23. The number of benzene rings is 1. The van der Waals surface area contributed by atoms with E-state index in [1.807, 2.05) is 0 Å². The summed E-state index contributed by atoms with van der Waals surface area (Å²) in [5.41, 5.74) is 1.86. The van der Waals surface area contributed by atoms with E-state index in [1.54, 1.807) is 23.5 Å². The first kappa shape index (κ1) is 13.1. The Morgan fingerprint density at radius 2 is 2.16 bits per heavy atom. The molecule has 0 fully saturated rings. The van der Waals surface area contributed by atoms with Crippen molar-refractivity contribution in [3.05, 3.63) is 56.0 Å². The van der Waals surface area contributed by atoms with Gasteiger partial charge in [-0.3, -0.25) is 0 Å². The van der Waals surface area contributed by atoms with Crippen molar-refractivity contribution in [3.8, 4) is 0 Å². The van der Waals surface area contributed by atoms with Crippen molar-refractivity contribution in [3.63, 3.8) is 0 Å². The molecule has 0 saturated heterocycles. The summed E-state index contributed by atoms with van der Waals surface area (Å²) in [5.74, 6) is -0.351. The van der Waals surface area contributed by atoms with E-state index in [-0.39, 0.29) is 5.82 Å². The van der Waals surface area contributed by atoms with Gasteiger partial charge in [0.2, 0.25) is 0 Å². The number of thiophene rings is 1. The van der Waals surface area contributed by atoms with Gasteiger partial charge in [-0.15, -0.1) is 11.3 Å². The Kier molecular flexibility index (Phi) is 3.61. The Balaban J connectivity index is 1.78. The molecule has 100 valence electrons. The lowest BCUT2D eigenvalue weighted by atomic mass is 10.1. The fourth-order valence-electron chi connectivity index (χ4n) is 2.51. The Bertz CT molecular complexity index is 587. The molecule has 0 aliphatic heterocycles. The van der Waals surface area contributed by atoms with Gasteiger partial charge < -0.3 is 5.11 Å². The van der Waals surface area contributed by atoms with Gasteiger partial charge in [0.1, 0.15) is 5.82 Å². The van der Waals surface area contributed by atoms with Gasteiger partial charge in [-0.05, 0) is 48.6 Å². The molecule has 1 aromatic heterocycles. The highest BCUT2D eigenvalue weighted by Gasteiger charge is 2.19. The highest BCUT2D eigenvalue weighted by atomic mass is 35.5. The smallest absolute Gasteiger partial charge is 0.127 e. The lowest BCUT2D eigenvalue weighted by Gasteiger charge is -2.09.